The molecule has 0 bridgehead atoms. The van der Waals surface area contributed by atoms with Gasteiger partial charge in [0.1, 0.15) is 12.0 Å². The van der Waals surface area contributed by atoms with Crippen LogP contribution in [0.5, 0.6) is 0 Å². The van der Waals surface area contributed by atoms with Crippen LogP contribution in [-0.4, -0.2) is 55.1 Å². The molecule has 1 saturated heterocycles. The lowest BCUT2D eigenvalue weighted by Gasteiger charge is -2.33. The Morgan fingerprint density at radius 2 is 1.32 bits per heavy atom. The third-order valence-electron chi connectivity index (χ3n) is 9.30. The third-order valence-corrected chi connectivity index (χ3v) is 9.30. The number of likely N-dealkylation sites (tertiary alicyclic amines) is 1. The Morgan fingerprint density at radius 1 is 0.760 bits per heavy atom. The highest BCUT2D eigenvalue weighted by molar-refractivity contribution is 6.01. The summed E-state index contributed by atoms with van der Waals surface area (Å²) in [5.41, 5.74) is 0.0890. The van der Waals surface area contributed by atoms with Gasteiger partial charge >= 0.3 is 12.4 Å². The maximum Gasteiger partial charge on any atom is 0.416 e. The van der Waals surface area contributed by atoms with E-state index in [-0.39, 0.29) is 31.2 Å². The van der Waals surface area contributed by atoms with E-state index in [9.17, 15) is 35.9 Å². The van der Waals surface area contributed by atoms with Crippen molar-refractivity contribution in [3.8, 4) is 22.3 Å². The molecule has 0 atom stereocenters. The Balaban J connectivity index is 1.15. The fourth-order valence-electron chi connectivity index (χ4n) is 6.81. The summed E-state index contributed by atoms with van der Waals surface area (Å²) in [5.74, 6) is -1.50. The molecule has 50 heavy (non-hydrogen) atoms. The number of halogens is 6. The molecule has 1 aliphatic heterocycles. The second kappa shape index (κ2) is 14.3. The van der Waals surface area contributed by atoms with E-state index in [2.05, 4.69) is 5.32 Å². The van der Waals surface area contributed by atoms with Crippen LogP contribution >= 0.6 is 0 Å². The number of hydrogen-bond donors (Lipinski definition) is 2. The molecule has 0 unspecified atom stereocenters. The zero-order chi connectivity index (χ0) is 39.1. The predicted molar refractivity (Wildman–Crippen MR) is 179 cm³/mol. The number of benzene rings is 4. The summed E-state index contributed by atoms with van der Waals surface area (Å²) in [4.78, 5) is 29.0. The Morgan fingerprint density at radius 3 is 1.90 bits per heavy atom. The number of amides is 2. The predicted octanol–water partition coefficient (Wildman–Crippen LogP) is 8.38. The van der Waals surface area contributed by atoms with Crippen LogP contribution in [0.15, 0.2) is 97.1 Å². The van der Waals surface area contributed by atoms with E-state index in [1.165, 1.54) is 12.1 Å². The molecule has 0 radical (unpaired) electrons. The molecule has 2 amide bonds. The van der Waals surface area contributed by atoms with Gasteiger partial charge < -0.3 is 15.5 Å². The molecular formula is C39H37F6N3O2. The number of rotatable bonds is 10. The van der Waals surface area contributed by atoms with E-state index in [1.54, 1.807) is 77.7 Å². The van der Waals surface area contributed by atoms with Crippen molar-refractivity contribution in [1.29, 1.82) is 0 Å². The fourth-order valence-corrected chi connectivity index (χ4v) is 6.81. The Labute approximate surface area is 292 Å². The van der Waals surface area contributed by atoms with Gasteiger partial charge in [0.15, 0.2) is 0 Å². The van der Waals surface area contributed by atoms with Gasteiger partial charge in [-0.1, -0.05) is 85.2 Å². The van der Waals surface area contributed by atoms with Crippen LogP contribution in [0, 0.1) is 0 Å². The summed E-state index contributed by atoms with van der Waals surface area (Å²) in [6.07, 6.45) is -14.5. The molecule has 1 heterocycles. The highest BCUT2D eigenvalue weighted by atomic mass is 19.4. The molecule has 0 aromatic heterocycles. The van der Waals surface area contributed by atoms with Gasteiger partial charge in [0.25, 0.3) is 5.91 Å². The van der Waals surface area contributed by atoms with Crippen LogP contribution in [0.4, 0.5) is 26.3 Å². The topological polar surface area (TPSA) is 61.4 Å². The van der Waals surface area contributed by atoms with Crippen molar-refractivity contribution >= 4 is 11.8 Å². The van der Waals surface area contributed by atoms with Crippen molar-refractivity contribution in [3.63, 3.8) is 0 Å². The first-order valence-corrected chi connectivity index (χ1v) is 16.2. The maximum absolute atomic E-state index is 13.9. The molecule has 1 fully saturated rings. The number of carbonyl (C=O) groups excluding carboxylic acids is 2. The van der Waals surface area contributed by atoms with Gasteiger partial charge in [0.2, 0.25) is 5.91 Å². The second-order valence-corrected chi connectivity index (χ2v) is 12.5. The van der Waals surface area contributed by atoms with E-state index in [0.29, 0.717) is 46.2 Å². The van der Waals surface area contributed by atoms with Gasteiger partial charge in [-0.2, -0.15) is 26.3 Å². The van der Waals surface area contributed by atoms with Crippen molar-refractivity contribution < 1.29 is 41.4 Å². The molecule has 4 aromatic carbocycles. The number of fused-ring (bicyclic) bond motifs is 3. The van der Waals surface area contributed by atoms with Crippen LogP contribution in [0.2, 0.25) is 0 Å². The van der Waals surface area contributed by atoms with E-state index in [4.69, 9.17) is 5.48 Å². The van der Waals surface area contributed by atoms with Crippen LogP contribution in [0.25, 0.3) is 22.3 Å². The average Bonchev–Trinajstić information content (AvgIpc) is 3.40. The van der Waals surface area contributed by atoms with E-state index >= 15 is 0 Å². The summed E-state index contributed by atoms with van der Waals surface area (Å²) < 4.78 is 115. The zero-order valence-electron chi connectivity index (χ0n) is 30.8. The largest absolute Gasteiger partial charge is 0.416 e. The van der Waals surface area contributed by atoms with Crippen LogP contribution in [0.3, 0.4) is 0 Å². The number of alkyl halides is 6. The molecule has 6 rings (SSSR count). The van der Waals surface area contributed by atoms with Gasteiger partial charge in [-0.3, -0.25) is 9.59 Å². The number of nitrogens with zero attached hydrogens (tertiary/aromatic N) is 1. The van der Waals surface area contributed by atoms with E-state index in [0.717, 1.165) is 12.1 Å². The molecule has 2 aliphatic rings. The number of carbonyl (C=O) groups is 2. The lowest BCUT2D eigenvalue weighted by molar-refractivity contribution is -0.141. The van der Waals surface area contributed by atoms with E-state index < -0.39 is 60.9 Å². The lowest BCUT2D eigenvalue weighted by atomic mass is 9.73. The molecule has 262 valence electrons. The second-order valence-electron chi connectivity index (χ2n) is 12.5. The highest BCUT2D eigenvalue weighted by Crippen LogP contribution is 2.51. The first-order valence-electron chi connectivity index (χ1n) is 18.2. The highest BCUT2D eigenvalue weighted by Gasteiger charge is 2.49. The summed E-state index contributed by atoms with van der Waals surface area (Å²) in [6.45, 7) is -1.46. The normalized spacial score (nSPS) is 17.8. The molecule has 11 heteroatoms. The SMILES string of the molecule is [2H]C([2H])(CN1CCC(NC(=O)c2ccccc2-c2ccc(C(F)(F)F)cc2)CC1)C([2H])([2H])CC1(C(=O)NCC(F)(F)F)c2ccccc2-c2ccccc21. The minimum absolute atomic E-state index is 0.271. The van der Waals surface area contributed by atoms with Crippen molar-refractivity contribution in [2.45, 2.75) is 55.8 Å². The van der Waals surface area contributed by atoms with Crippen molar-refractivity contribution in [1.82, 2.24) is 15.5 Å². The first-order chi connectivity index (χ1) is 25.3. The van der Waals surface area contributed by atoms with Crippen molar-refractivity contribution in [2.75, 3.05) is 26.2 Å². The Bertz CT molecular complexity index is 1970. The number of nitrogens with one attached hydrogen (secondary N) is 2. The van der Waals surface area contributed by atoms with E-state index in [1.807, 2.05) is 5.32 Å². The Kier molecular flexibility index (Phi) is 8.64. The van der Waals surface area contributed by atoms with Gasteiger partial charge in [-0.15, -0.1) is 0 Å². The molecule has 1 aliphatic carbocycles. The standard InChI is InChI=1S/C39H37F6N3O2/c40-38(41,42)25-46-36(50)37(33-13-5-3-10-30(33)31-11-4-6-14-34(31)37)21-7-8-22-48-23-19-28(20-24-48)47-35(49)32-12-2-1-9-29(32)26-15-17-27(18-16-26)39(43,44)45/h1-6,9-18,28H,7-8,19-25H2,(H,46,50)(H,47,49)/i7D2,8D2. The minimum Gasteiger partial charge on any atom is -0.349 e. The molecular weight excluding hydrogens is 656 g/mol. The number of piperidine rings is 1. The average molecular weight is 698 g/mol. The summed E-state index contributed by atoms with van der Waals surface area (Å²) in [7, 11) is 0. The number of hydrogen-bond acceptors (Lipinski definition) is 3. The van der Waals surface area contributed by atoms with Gasteiger partial charge in [0, 0.05) is 30.2 Å². The maximum atomic E-state index is 13.9. The van der Waals surface area contributed by atoms with Crippen LogP contribution in [0.1, 0.15) is 64.5 Å². The first kappa shape index (κ1) is 30.2. The monoisotopic (exact) mass is 697 g/mol. The molecule has 4 aromatic rings. The molecule has 0 saturated carbocycles. The zero-order valence-corrected chi connectivity index (χ0v) is 26.8. The quantitative estimate of drug-likeness (QED) is 0.164. The third kappa shape index (κ3) is 7.43. The van der Waals surface area contributed by atoms with Gasteiger partial charge in [0.05, 0.1) is 5.56 Å². The van der Waals surface area contributed by atoms with Gasteiger partial charge in [-0.05, 0) is 83.8 Å². The van der Waals surface area contributed by atoms with Crippen molar-refractivity contribution in [3.05, 3.63) is 119 Å². The summed E-state index contributed by atoms with van der Waals surface area (Å²) >= 11 is 0. The summed E-state index contributed by atoms with van der Waals surface area (Å²) in [5, 5.41) is 4.92. The lowest BCUT2D eigenvalue weighted by Crippen LogP contribution is -2.47. The fraction of sp³-hybridized carbons (Fsp3) is 0.333. The van der Waals surface area contributed by atoms with Gasteiger partial charge in [-0.25, -0.2) is 0 Å². The molecule has 5 nitrogen and oxygen atoms in total. The van der Waals surface area contributed by atoms with Crippen LogP contribution < -0.4 is 10.6 Å². The molecule has 0 spiro atoms. The minimum atomic E-state index is -4.73. The smallest absolute Gasteiger partial charge is 0.349 e. The Hall–Kier alpha value is -4.64. The van der Waals surface area contributed by atoms with Crippen LogP contribution in [-0.2, 0) is 16.4 Å². The van der Waals surface area contributed by atoms with Crippen molar-refractivity contribution in [2.24, 2.45) is 0 Å². The summed E-state index contributed by atoms with van der Waals surface area (Å²) in [6, 6.07) is 23.9. The molecule has 2 N–H and O–H groups in total.